The van der Waals surface area contributed by atoms with Crippen LogP contribution in [-0.2, 0) is 14.3 Å². The molecule has 64 valence electrons. The van der Waals surface area contributed by atoms with E-state index in [2.05, 4.69) is 0 Å². The maximum Gasteiger partial charge on any atom is 0.340 e. The molecule has 0 saturated carbocycles. The number of ether oxygens (including phenoxy) is 1. The van der Waals surface area contributed by atoms with Crippen molar-refractivity contribution < 1.29 is 19.4 Å². The summed E-state index contributed by atoms with van der Waals surface area (Å²) in [5.74, 6) is -1.71. The van der Waals surface area contributed by atoms with Gasteiger partial charge in [0.05, 0.1) is 6.10 Å². The van der Waals surface area contributed by atoms with Crippen LogP contribution in [-0.4, -0.2) is 29.1 Å². The van der Waals surface area contributed by atoms with Crippen LogP contribution < -0.4 is 0 Å². The molecule has 0 saturated heterocycles. The van der Waals surface area contributed by atoms with Crippen LogP contribution in [0.2, 0.25) is 0 Å². The lowest BCUT2D eigenvalue weighted by molar-refractivity contribution is -0.158. The minimum Gasteiger partial charge on any atom is -0.479 e. The number of rotatable bonds is 4. The van der Waals surface area contributed by atoms with E-state index < -0.39 is 17.9 Å². The van der Waals surface area contributed by atoms with Gasteiger partial charge in [0, 0.05) is 0 Å². The predicted octanol–water partition coefficient (Wildman–Crippen LogP) is 0.454. The fraction of sp³-hybridized carbons (Fsp3) is 0.714. The zero-order chi connectivity index (χ0) is 9.02. The van der Waals surface area contributed by atoms with Gasteiger partial charge in [-0.1, -0.05) is 0 Å². The normalized spacial score (nSPS) is 13.1. The van der Waals surface area contributed by atoms with E-state index in [0.717, 1.165) is 0 Å². The zero-order valence-corrected chi connectivity index (χ0v) is 6.83. The van der Waals surface area contributed by atoms with Crippen LogP contribution in [0.25, 0.3) is 0 Å². The average Bonchev–Trinajstić information content (AvgIpc) is 1.81. The van der Waals surface area contributed by atoms with Crippen LogP contribution in [0.5, 0.6) is 0 Å². The molecule has 4 heteroatoms. The Morgan fingerprint density at radius 2 is 1.82 bits per heavy atom. The highest BCUT2D eigenvalue weighted by Crippen LogP contribution is 1.99. The van der Waals surface area contributed by atoms with Crippen LogP contribution in [0.15, 0.2) is 0 Å². The average molecular weight is 160 g/mol. The molecular weight excluding hydrogens is 148 g/mol. The van der Waals surface area contributed by atoms with Crippen molar-refractivity contribution in [2.24, 2.45) is 0 Å². The van der Waals surface area contributed by atoms with Gasteiger partial charge >= 0.3 is 5.97 Å². The second kappa shape index (κ2) is 4.08. The van der Waals surface area contributed by atoms with E-state index in [0.29, 0.717) is 0 Å². The summed E-state index contributed by atoms with van der Waals surface area (Å²) < 4.78 is 4.82. The topological polar surface area (TPSA) is 63.6 Å². The highest BCUT2D eigenvalue weighted by Gasteiger charge is 2.23. The fourth-order valence-electron chi connectivity index (χ4n) is 0.600. The maximum atomic E-state index is 10.6. The standard InChI is InChI=1S/C7H12O4/c1-4(2)11-6(5(3)8)7(9)10/h4,6H,1-3H3,(H,9,10). The second-order valence-corrected chi connectivity index (χ2v) is 2.51. The van der Waals surface area contributed by atoms with Crippen molar-refractivity contribution in [1.82, 2.24) is 0 Å². The Hall–Kier alpha value is -0.900. The highest BCUT2D eigenvalue weighted by molar-refractivity contribution is 5.99. The van der Waals surface area contributed by atoms with Crippen LogP contribution in [0, 0.1) is 0 Å². The molecule has 11 heavy (non-hydrogen) atoms. The number of hydrogen-bond acceptors (Lipinski definition) is 3. The molecule has 0 bridgehead atoms. The van der Waals surface area contributed by atoms with Crippen molar-refractivity contribution in [2.75, 3.05) is 0 Å². The predicted molar refractivity (Wildman–Crippen MR) is 38.3 cm³/mol. The maximum absolute atomic E-state index is 10.6. The molecular formula is C7H12O4. The number of carbonyl (C=O) groups excluding carboxylic acids is 1. The van der Waals surface area contributed by atoms with E-state index in [4.69, 9.17) is 9.84 Å². The van der Waals surface area contributed by atoms with Crippen molar-refractivity contribution >= 4 is 11.8 Å². The van der Waals surface area contributed by atoms with E-state index >= 15 is 0 Å². The summed E-state index contributed by atoms with van der Waals surface area (Å²) in [5, 5.41) is 8.45. The van der Waals surface area contributed by atoms with Crippen LogP contribution in [0.1, 0.15) is 20.8 Å². The van der Waals surface area contributed by atoms with Crippen molar-refractivity contribution in [1.29, 1.82) is 0 Å². The molecule has 1 atom stereocenters. The first kappa shape index (κ1) is 10.1. The number of carboxylic acid groups (broad SMARTS) is 1. The molecule has 0 amide bonds. The summed E-state index contributed by atoms with van der Waals surface area (Å²) >= 11 is 0. The number of carboxylic acids is 1. The summed E-state index contributed by atoms with van der Waals surface area (Å²) in [4.78, 5) is 20.9. The van der Waals surface area contributed by atoms with E-state index in [1.807, 2.05) is 0 Å². The highest BCUT2D eigenvalue weighted by atomic mass is 16.5. The molecule has 0 aromatic rings. The zero-order valence-electron chi connectivity index (χ0n) is 6.83. The molecule has 0 heterocycles. The lowest BCUT2D eigenvalue weighted by Gasteiger charge is -2.12. The van der Waals surface area contributed by atoms with Crippen LogP contribution in [0.4, 0.5) is 0 Å². The monoisotopic (exact) mass is 160 g/mol. The Labute approximate surface area is 65.2 Å². The van der Waals surface area contributed by atoms with Crippen LogP contribution >= 0.6 is 0 Å². The number of Topliss-reactive ketones (excluding diaryl/α,β-unsaturated/α-hetero) is 1. The lowest BCUT2D eigenvalue weighted by atomic mass is 10.2. The number of carbonyl (C=O) groups is 2. The summed E-state index contributed by atoms with van der Waals surface area (Å²) in [7, 11) is 0. The number of hydrogen-bond donors (Lipinski definition) is 1. The van der Waals surface area contributed by atoms with E-state index in [1.54, 1.807) is 13.8 Å². The Morgan fingerprint density at radius 1 is 1.36 bits per heavy atom. The molecule has 1 unspecified atom stereocenters. The fourth-order valence-corrected chi connectivity index (χ4v) is 0.600. The molecule has 4 nitrogen and oxygen atoms in total. The Bertz CT molecular complexity index is 148. The quantitative estimate of drug-likeness (QED) is 0.606. The molecule has 0 spiro atoms. The number of aliphatic carboxylic acids is 1. The third kappa shape index (κ3) is 3.72. The van der Waals surface area contributed by atoms with E-state index in [1.165, 1.54) is 6.92 Å². The first-order valence-corrected chi connectivity index (χ1v) is 3.34. The second-order valence-electron chi connectivity index (χ2n) is 2.51. The molecule has 0 rings (SSSR count). The van der Waals surface area contributed by atoms with Gasteiger partial charge in [-0.3, -0.25) is 4.79 Å². The third-order valence-electron chi connectivity index (χ3n) is 1.00. The Kier molecular flexibility index (Phi) is 3.74. The minimum absolute atomic E-state index is 0.250. The molecule has 0 aliphatic heterocycles. The molecule has 0 aliphatic rings. The molecule has 0 fully saturated rings. The molecule has 0 aromatic carbocycles. The van der Waals surface area contributed by atoms with Crippen molar-refractivity contribution in [3.8, 4) is 0 Å². The van der Waals surface area contributed by atoms with Gasteiger partial charge in [0.1, 0.15) is 0 Å². The minimum atomic E-state index is -1.31. The molecule has 0 aliphatic carbocycles. The van der Waals surface area contributed by atoms with Crippen molar-refractivity contribution in [3.05, 3.63) is 0 Å². The first-order chi connectivity index (χ1) is 4.95. The third-order valence-corrected chi connectivity index (χ3v) is 1.00. The van der Waals surface area contributed by atoms with Gasteiger partial charge in [-0.15, -0.1) is 0 Å². The van der Waals surface area contributed by atoms with Gasteiger partial charge in [0.25, 0.3) is 0 Å². The van der Waals surface area contributed by atoms with E-state index in [9.17, 15) is 9.59 Å². The summed E-state index contributed by atoms with van der Waals surface area (Å²) in [6, 6.07) is 0. The van der Waals surface area contributed by atoms with Crippen molar-refractivity contribution in [2.45, 2.75) is 33.0 Å². The summed E-state index contributed by atoms with van der Waals surface area (Å²) in [5.41, 5.74) is 0. The van der Waals surface area contributed by atoms with Gasteiger partial charge in [0.2, 0.25) is 6.10 Å². The van der Waals surface area contributed by atoms with Gasteiger partial charge < -0.3 is 9.84 Å². The Balaban J connectivity index is 4.12. The van der Waals surface area contributed by atoms with Crippen molar-refractivity contribution in [3.63, 3.8) is 0 Å². The lowest BCUT2D eigenvalue weighted by Crippen LogP contribution is -2.33. The van der Waals surface area contributed by atoms with E-state index in [-0.39, 0.29) is 6.10 Å². The first-order valence-electron chi connectivity index (χ1n) is 3.34. The smallest absolute Gasteiger partial charge is 0.340 e. The summed E-state index contributed by atoms with van der Waals surface area (Å²) in [6.45, 7) is 4.55. The largest absolute Gasteiger partial charge is 0.479 e. The molecule has 0 radical (unpaired) electrons. The molecule has 1 N–H and O–H groups in total. The van der Waals surface area contributed by atoms with Gasteiger partial charge in [0.15, 0.2) is 5.78 Å². The van der Waals surface area contributed by atoms with Crippen LogP contribution in [0.3, 0.4) is 0 Å². The Morgan fingerprint density at radius 3 is 1.91 bits per heavy atom. The molecule has 0 aromatic heterocycles. The SMILES string of the molecule is CC(=O)C(OC(C)C)C(=O)O. The number of ketones is 1. The van der Waals surface area contributed by atoms with Gasteiger partial charge in [-0.05, 0) is 20.8 Å². The summed E-state index contributed by atoms with van der Waals surface area (Å²) in [6.07, 6.45) is -1.56. The van der Waals surface area contributed by atoms with Gasteiger partial charge in [-0.2, -0.15) is 0 Å². The van der Waals surface area contributed by atoms with Gasteiger partial charge in [-0.25, -0.2) is 4.79 Å².